The van der Waals surface area contributed by atoms with Crippen molar-refractivity contribution >= 4 is 11.8 Å². The Labute approximate surface area is 187 Å². The summed E-state index contributed by atoms with van der Waals surface area (Å²) in [5.41, 5.74) is 2.45. The van der Waals surface area contributed by atoms with Gasteiger partial charge in [-0.05, 0) is 32.4 Å². The predicted octanol–water partition coefficient (Wildman–Crippen LogP) is 2.13. The van der Waals surface area contributed by atoms with Crippen molar-refractivity contribution in [1.82, 2.24) is 10.6 Å². The normalized spacial score (nSPS) is 32.4. The molecule has 2 saturated heterocycles. The number of rotatable bonds is 5. The van der Waals surface area contributed by atoms with Crippen LogP contribution in [0, 0.1) is 17.6 Å². The minimum atomic E-state index is -4.85. The summed E-state index contributed by atoms with van der Waals surface area (Å²) >= 11 is 0. The Bertz CT molecular complexity index is 928. The van der Waals surface area contributed by atoms with Gasteiger partial charge in [-0.3, -0.25) is 9.59 Å². The van der Waals surface area contributed by atoms with E-state index in [0.29, 0.717) is 13.0 Å². The molecule has 0 aliphatic carbocycles. The van der Waals surface area contributed by atoms with Crippen LogP contribution in [0.1, 0.15) is 38.2 Å². The summed E-state index contributed by atoms with van der Waals surface area (Å²) in [4.78, 5) is 24.6. The zero-order chi connectivity index (χ0) is 24.7. The molecule has 1 aromatic carbocycles. The maximum atomic E-state index is 14.4. The topological polar surface area (TPSA) is 103 Å². The SMILES string of the molecule is COc1c([C@H]2[C@H](C(=O)NC3CCNC(C(N)=O)C3)O[C@@](C)(C(F)(F)F)[C@H]2C)ccc(F)c1F. The molecule has 2 heterocycles. The number of amides is 2. The number of benzene rings is 1. The Kier molecular flexibility index (Phi) is 6.90. The zero-order valence-electron chi connectivity index (χ0n) is 18.3. The third kappa shape index (κ3) is 4.50. The zero-order valence-corrected chi connectivity index (χ0v) is 18.3. The molecule has 7 nitrogen and oxygen atoms in total. The lowest BCUT2D eigenvalue weighted by Gasteiger charge is -2.32. The minimum absolute atomic E-state index is 0.114. The van der Waals surface area contributed by atoms with Crippen LogP contribution in [0.25, 0.3) is 0 Å². The van der Waals surface area contributed by atoms with Crippen LogP contribution in [0.15, 0.2) is 12.1 Å². The minimum Gasteiger partial charge on any atom is -0.493 e. The summed E-state index contributed by atoms with van der Waals surface area (Å²) in [6, 6.07) is 0.621. The Morgan fingerprint density at radius 3 is 2.55 bits per heavy atom. The van der Waals surface area contributed by atoms with E-state index in [9.17, 15) is 31.5 Å². The lowest BCUT2D eigenvalue weighted by molar-refractivity contribution is -0.272. The molecule has 0 spiro atoms. The first-order chi connectivity index (χ1) is 15.3. The van der Waals surface area contributed by atoms with E-state index in [-0.39, 0.29) is 12.0 Å². The van der Waals surface area contributed by atoms with Gasteiger partial charge in [-0.1, -0.05) is 13.0 Å². The van der Waals surface area contributed by atoms with Gasteiger partial charge in [-0.15, -0.1) is 0 Å². The smallest absolute Gasteiger partial charge is 0.417 e. The summed E-state index contributed by atoms with van der Waals surface area (Å²) in [6.07, 6.45) is -5.96. The van der Waals surface area contributed by atoms with Gasteiger partial charge in [-0.2, -0.15) is 17.6 Å². The fraction of sp³-hybridized carbons (Fsp3) is 0.619. The van der Waals surface area contributed by atoms with E-state index in [4.69, 9.17) is 15.2 Å². The van der Waals surface area contributed by atoms with Crippen LogP contribution in [0.3, 0.4) is 0 Å². The van der Waals surface area contributed by atoms with Crippen molar-refractivity contribution in [3.05, 3.63) is 29.3 Å². The molecule has 2 aliphatic heterocycles. The van der Waals surface area contributed by atoms with Crippen LogP contribution in [0.4, 0.5) is 22.0 Å². The van der Waals surface area contributed by atoms with Gasteiger partial charge >= 0.3 is 6.18 Å². The maximum absolute atomic E-state index is 14.4. The van der Waals surface area contributed by atoms with Gasteiger partial charge in [0, 0.05) is 23.4 Å². The molecule has 4 N–H and O–H groups in total. The summed E-state index contributed by atoms with van der Waals surface area (Å²) < 4.78 is 80.3. The van der Waals surface area contributed by atoms with E-state index < -0.39 is 71.0 Å². The first-order valence-corrected chi connectivity index (χ1v) is 10.4. The largest absolute Gasteiger partial charge is 0.493 e. The van der Waals surface area contributed by atoms with Crippen LogP contribution < -0.4 is 21.1 Å². The van der Waals surface area contributed by atoms with Crippen LogP contribution in [-0.4, -0.2) is 55.4 Å². The van der Waals surface area contributed by atoms with E-state index in [2.05, 4.69) is 10.6 Å². The average Bonchev–Trinajstić information content (AvgIpc) is 3.02. The Balaban J connectivity index is 1.98. The lowest BCUT2D eigenvalue weighted by Crippen LogP contribution is -2.54. The molecule has 1 aromatic rings. The first kappa shape index (κ1) is 25.2. The second-order valence-electron chi connectivity index (χ2n) is 8.58. The van der Waals surface area contributed by atoms with Crippen molar-refractivity contribution in [2.75, 3.05) is 13.7 Å². The van der Waals surface area contributed by atoms with Crippen LogP contribution in [0.5, 0.6) is 5.75 Å². The van der Waals surface area contributed by atoms with Crippen molar-refractivity contribution in [1.29, 1.82) is 0 Å². The highest BCUT2D eigenvalue weighted by Gasteiger charge is 2.66. The van der Waals surface area contributed by atoms with Gasteiger partial charge < -0.3 is 25.8 Å². The quantitative estimate of drug-likeness (QED) is 0.562. The average molecular weight is 479 g/mol. The summed E-state index contributed by atoms with van der Waals surface area (Å²) in [7, 11) is 1.05. The van der Waals surface area contributed by atoms with E-state index in [0.717, 1.165) is 26.2 Å². The molecule has 3 rings (SSSR count). The Hall–Kier alpha value is -2.47. The summed E-state index contributed by atoms with van der Waals surface area (Å²) in [6.45, 7) is 2.42. The third-order valence-corrected chi connectivity index (χ3v) is 6.66. The number of halogens is 5. The number of primary amides is 1. The van der Waals surface area contributed by atoms with Crippen LogP contribution in [-0.2, 0) is 14.3 Å². The molecule has 0 radical (unpaired) electrons. The third-order valence-electron chi connectivity index (χ3n) is 6.66. The van der Waals surface area contributed by atoms with Crippen molar-refractivity contribution < 1.29 is 41.0 Å². The number of ether oxygens (including phenoxy) is 2. The Morgan fingerprint density at radius 2 is 1.97 bits per heavy atom. The summed E-state index contributed by atoms with van der Waals surface area (Å²) in [5.74, 6) is -7.32. The van der Waals surface area contributed by atoms with Gasteiger partial charge in [0.2, 0.25) is 17.6 Å². The monoisotopic (exact) mass is 479 g/mol. The lowest BCUT2D eigenvalue weighted by atomic mass is 9.76. The predicted molar refractivity (Wildman–Crippen MR) is 106 cm³/mol. The first-order valence-electron chi connectivity index (χ1n) is 10.4. The summed E-state index contributed by atoms with van der Waals surface area (Å²) in [5, 5.41) is 5.52. The van der Waals surface area contributed by atoms with Gasteiger partial charge in [0.15, 0.2) is 17.2 Å². The number of hydrogen-bond acceptors (Lipinski definition) is 5. The van der Waals surface area contributed by atoms with Crippen molar-refractivity contribution in [2.24, 2.45) is 11.7 Å². The molecule has 2 aliphatic rings. The fourth-order valence-corrected chi connectivity index (χ4v) is 4.59. The molecule has 2 amide bonds. The van der Waals surface area contributed by atoms with Crippen molar-refractivity contribution in [3.8, 4) is 5.75 Å². The number of alkyl halides is 3. The molecular formula is C21H26F5N3O4. The molecular weight excluding hydrogens is 453 g/mol. The molecule has 0 aromatic heterocycles. The maximum Gasteiger partial charge on any atom is 0.417 e. The van der Waals surface area contributed by atoms with Crippen LogP contribution in [0.2, 0.25) is 0 Å². The van der Waals surface area contributed by atoms with E-state index >= 15 is 0 Å². The molecule has 2 fully saturated rings. The number of nitrogens with two attached hydrogens (primary N) is 1. The standard InChI is InChI=1S/C21H26F5N3O4/c1-9-14(11-4-5-12(22)15(23)16(11)32-3)17(33-20(9,2)21(24,25)26)19(31)29-10-6-7-28-13(8-10)18(27)30/h4-5,9-10,13-14,17,28H,6-8H2,1-3H3,(H2,27,30)(H,29,31)/t9-,10?,13?,14-,17+,20+/m0/s1. The molecule has 33 heavy (non-hydrogen) atoms. The van der Waals surface area contributed by atoms with Crippen molar-refractivity contribution in [3.63, 3.8) is 0 Å². The van der Waals surface area contributed by atoms with E-state index in [1.165, 1.54) is 6.92 Å². The van der Waals surface area contributed by atoms with Gasteiger partial charge in [0.25, 0.3) is 0 Å². The number of piperidine rings is 1. The molecule has 0 bridgehead atoms. The molecule has 184 valence electrons. The number of nitrogens with one attached hydrogen (secondary N) is 2. The molecule has 6 atom stereocenters. The van der Waals surface area contributed by atoms with Crippen LogP contribution >= 0.6 is 0 Å². The highest BCUT2D eigenvalue weighted by Crippen LogP contribution is 2.54. The van der Waals surface area contributed by atoms with E-state index in [1.807, 2.05) is 0 Å². The Morgan fingerprint density at radius 1 is 1.30 bits per heavy atom. The number of hydrogen-bond donors (Lipinski definition) is 3. The number of carbonyl (C=O) groups is 2. The number of carbonyl (C=O) groups excluding carboxylic acids is 2. The highest BCUT2D eigenvalue weighted by atomic mass is 19.4. The van der Waals surface area contributed by atoms with Gasteiger partial charge in [-0.25, -0.2) is 4.39 Å². The second-order valence-corrected chi connectivity index (χ2v) is 8.58. The van der Waals surface area contributed by atoms with Crippen molar-refractivity contribution in [2.45, 2.75) is 62.6 Å². The highest BCUT2D eigenvalue weighted by molar-refractivity contribution is 5.84. The molecule has 12 heteroatoms. The van der Waals surface area contributed by atoms with E-state index in [1.54, 1.807) is 0 Å². The van der Waals surface area contributed by atoms with Gasteiger partial charge in [0.1, 0.15) is 6.10 Å². The second kappa shape index (κ2) is 9.05. The number of methoxy groups -OCH3 is 1. The van der Waals surface area contributed by atoms with Gasteiger partial charge in [0.05, 0.1) is 13.2 Å². The molecule has 2 unspecified atom stereocenters. The fourth-order valence-electron chi connectivity index (χ4n) is 4.59. The molecule has 0 saturated carbocycles.